The van der Waals surface area contributed by atoms with Crippen molar-refractivity contribution in [1.29, 1.82) is 0 Å². The van der Waals surface area contributed by atoms with Crippen molar-refractivity contribution in [3.63, 3.8) is 0 Å². The highest BCUT2D eigenvalue weighted by Crippen LogP contribution is 2.27. The summed E-state index contributed by atoms with van der Waals surface area (Å²) < 4.78 is 5.76. The van der Waals surface area contributed by atoms with E-state index in [0.29, 0.717) is 22.2 Å². The van der Waals surface area contributed by atoms with Crippen molar-refractivity contribution in [3.8, 4) is 11.3 Å². The third-order valence-electron chi connectivity index (χ3n) is 4.89. The van der Waals surface area contributed by atoms with Crippen LogP contribution in [0, 0.1) is 13.8 Å². The normalized spacial score (nSPS) is 15.6. The minimum Gasteiger partial charge on any atom is -0.457 e. The molecular formula is C23H17ClN2O4. The number of amides is 4. The van der Waals surface area contributed by atoms with Gasteiger partial charge in [-0.15, -0.1) is 0 Å². The standard InChI is InChI=1S/C23H17ClN2O4/c1-13-3-8-17(11-14(13)2)26-22(28)19(21(27)25-23(26)29)12-18-9-10-20(30-18)15-4-6-16(24)7-5-15/h3-12H,1-2H3,(H,25,27,29)/b19-12+. The first-order valence-electron chi connectivity index (χ1n) is 9.18. The summed E-state index contributed by atoms with van der Waals surface area (Å²) >= 11 is 5.91. The minimum atomic E-state index is -0.785. The number of carbonyl (C=O) groups is 3. The molecule has 150 valence electrons. The number of nitrogens with one attached hydrogen (secondary N) is 1. The fourth-order valence-electron chi connectivity index (χ4n) is 3.10. The molecule has 1 aliphatic rings. The molecule has 0 spiro atoms. The van der Waals surface area contributed by atoms with E-state index in [1.54, 1.807) is 48.5 Å². The largest absolute Gasteiger partial charge is 0.457 e. The Morgan fingerprint density at radius 2 is 1.67 bits per heavy atom. The van der Waals surface area contributed by atoms with Crippen LogP contribution < -0.4 is 10.2 Å². The molecule has 1 N–H and O–H groups in total. The predicted octanol–water partition coefficient (Wildman–Crippen LogP) is 4.88. The number of furan rings is 1. The molecule has 7 heteroatoms. The molecule has 1 fully saturated rings. The molecule has 3 aromatic rings. The van der Waals surface area contributed by atoms with E-state index in [4.69, 9.17) is 16.0 Å². The van der Waals surface area contributed by atoms with Crippen LogP contribution in [0.4, 0.5) is 10.5 Å². The van der Waals surface area contributed by atoms with E-state index in [1.807, 2.05) is 19.9 Å². The smallest absolute Gasteiger partial charge is 0.335 e. The molecule has 0 radical (unpaired) electrons. The first kappa shape index (κ1) is 19.7. The van der Waals surface area contributed by atoms with Crippen LogP contribution in [-0.4, -0.2) is 17.8 Å². The Hall–Kier alpha value is -3.64. The molecule has 4 rings (SSSR count). The molecule has 0 bridgehead atoms. The van der Waals surface area contributed by atoms with E-state index in [1.165, 1.54) is 6.08 Å². The molecule has 30 heavy (non-hydrogen) atoms. The second-order valence-electron chi connectivity index (χ2n) is 6.94. The van der Waals surface area contributed by atoms with Gasteiger partial charge in [0.2, 0.25) is 0 Å². The maximum absolute atomic E-state index is 13.0. The Kier molecular flexibility index (Phi) is 5.01. The number of halogens is 1. The van der Waals surface area contributed by atoms with Crippen LogP contribution in [0.2, 0.25) is 5.02 Å². The summed E-state index contributed by atoms with van der Waals surface area (Å²) in [6, 6.07) is 14.9. The van der Waals surface area contributed by atoms with Gasteiger partial charge in [-0.05, 0) is 79.6 Å². The zero-order valence-electron chi connectivity index (χ0n) is 16.2. The van der Waals surface area contributed by atoms with E-state index in [0.717, 1.165) is 21.6 Å². The Morgan fingerprint density at radius 3 is 2.37 bits per heavy atom. The molecule has 1 aliphatic heterocycles. The average molecular weight is 421 g/mol. The topological polar surface area (TPSA) is 79.6 Å². The maximum atomic E-state index is 13.0. The second kappa shape index (κ2) is 7.65. The number of rotatable bonds is 3. The van der Waals surface area contributed by atoms with Crippen LogP contribution >= 0.6 is 11.6 Å². The monoisotopic (exact) mass is 420 g/mol. The van der Waals surface area contributed by atoms with Crippen LogP contribution in [0.3, 0.4) is 0 Å². The molecule has 0 saturated carbocycles. The van der Waals surface area contributed by atoms with Crippen LogP contribution in [0.1, 0.15) is 16.9 Å². The Balaban J connectivity index is 1.67. The van der Waals surface area contributed by atoms with Gasteiger partial charge in [0.25, 0.3) is 11.8 Å². The number of urea groups is 1. The van der Waals surface area contributed by atoms with Crippen LogP contribution in [0.5, 0.6) is 0 Å². The van der Waals surface area contributed by atoms with Gasteiger partial charge in [-0.25, -0.2) is 9.69 Å². The van der Waals surface area contributed by atoms with Gasteiger partial charge in [-0.2, -0.15) is 0 Å². The second-order valence-corrected chi connectivity index (χ2v) is 7.37. The molecule has 0 aliphatic carbocycles. The summed E-state index contributed by atoms with van der Waals surface area (Å²) in [5, 5.41) is 2.81. The van der Waals surface area contributed by atoms with E-state index in [-0.39, 0.29) is 5.57 Å². The molecule has 6 nitrogen and oxygen atoms in total. The lowest BCUT2D eigenvalue weighted by Crippen LogP contribution is -2.54. The summed E-state index contributed by atoms with van der Waals surface area (Å²) in [7, 11) is 0. The van der Waals surface area contributed by atoms with Crippen molar-refractivity contribution < 1.29 is 18.8 Å². The first-order valence-corrected chi connectivity index (χ1v) is 9.56. The summed E-state index contributed by atoms with van der Waals surface area (Å²) in [5.41, 5.74) is 2.95. The SMILES string of the molecule is Cc1ccc(N2C(=O)NC(=O)/C(=C\c3ccc(-c4ccc(Cl)cc4)o3)C2=O)cc1C. The number of carbonyl (C=O) groups excluding carboxylic acids is 3. The van der Waals surface area contributed by atoms with Gasteiger partial charge in [0.15, 0.2) is 0 Å². The Bertz CT molecular complexity index is 1210. The number of benzene rings is 2. The molecule has 2 heterocycles. The highest BCUT2D eigenvalue weighted by molar-refractivity contribution is 6.39. The van der Waals surface area contributed by atoms with Crippen LogP contribution in [-0.2, 0) is 9.59 Å². The van der Waals surface area contributed by atoms with E-state index in [9.17, 15) is 14.4 Å². The van der Waals surface area contributed by atoms with Gasteiger partial charge in [0.05, 0.1) is 5.69 Å². The van der Waals surface area contributed by atoms with Crippen molar-refractivity contribution in [2.75, 3.05) is 4.90 Å². The fourth-order valence-corrected chi connectivity index (χ4v) is 3.22. The van der Waals surface area contributed by atoms with Gasteiger partial charge >= 0.3 is 6.03 Å². The number of anilines is 1. The highest BCUT2D eigenvalue weighted by atomic mass is 35.5. The highest BCUT2D eigenvalue weighted by Gasteiger charge is 2.37. The number of barbiturate groups is 1. The minimum absolute atomic E-state index is 0.190. The lowest BCUT2D eigenvalue weighted by Gasteiger charge is -2.26. The van der Waals surface area contributed by atoms with E-state index >= 15 is 0 Å². The van der Waals surface area contributed by atoms with Gasteiger partial charge in [-0.1, -0.05) is 17.7 Å². The van der Waals surface area contributed by atoms with Crippen molar-refractivity contribution in [3.05, 3.63) is 82.1 Å². The number of hydrogen-bond donors (Lipinski definition) is 1. The third-order valence-corrected chi connectivity index (χ3v) is 5.14. The summed E-state index contributed by atoms with van der Waals surface area (Å²) in [6.45, 7) is 3.81. The van der Waals surface area contributed by atoms with Crippen molar-refractivity contribution >= 4 is 41.2 Å². The summed E-state index contributed by atoms with van der Waals surface area (Å²) in [4.78, 5) is 38.6. The maximum Gasteiger partial charge on any atom is 0.335 e. The summed E-state index contributed by atoms with van der Waals surface area (Å²) in [5.74, 6) is -0.608. The van der Waals surface area contributed by atoms with Gasteiger partial charge < -0.3 is 4.42 Å². The van der Waals surface area contributed by atoms with Crippen molar-refractivity contribution in [1.82, 2.24) is 5.32 Å². The number of hydrogen-bond acceptors (Lipinski definition) is 4. The number of imide groups is 2. The zero-order chi connectivity index (χ0) is 21.4. The first-order chi connectivity index (χ1) is 14.3. The predicted molar refractivity (Wildman–Crippen MR) is 114 cm³/mol. The van der Waals surface area contributed by atoms with Crippen molar-refractivity contribution in [2.24, 2.45) is 0 Å². The molecule has 0 unspecified atom stereocenters. The zero-order valence-corrected chi connectivity index (χ0v) is 17.0. The number of aryl methyl sites for hydroxylation is 2. The lowest BCUT2D eigenvalue weighted by molar-refractivity contribution is -0.122. The molecule has 1 saturated heterocycles. The lowest BCUT2D eigenvalue weighted by atomic mass is 10.1. The van der Waals surface area contributed by atoms with Crippen LogP contribution in [0.25, 0.3) is 17.4 Å². The molecular weight excluding hydrogens is 404 g/mol. The quantitative estimate of drug-likeness (QED) is 0.483. The Morgan fingerprint density at radius 1 is 0.933 bits per heavy atom. The van der Waals surface area contributed by atoms with Crippen molar-refractivity contribution in [2.45, 2.75) is 13.8 Å². The van der Waals surface area contributed by atoms with Gasteiger partial charge in [0.1, 0.15) is 17.1 Å². The van der Waals surface area contributed by atoms with E-state index < -0.39 is 17.8 Å². The number of nitrogens with zero attached hydrogens (tertiary/aromatic N) is 1. The molecule has 2 aromatic carbocycles. The van der Waals surface area contributed by atoms with Gasteiger partial charge in [0, 0.05) is 10.6 Å². The van der Waals surface area contributed by atoms with Crippen LogP contribution in [0.15, 0.2) is 64.6 Å². The Labute approximate surface area is 177 Å². The fraction of sp³-hybridized carbons (Fsp3) is 0.0870. The summed E-state index contributed by atoms with van der Waals surface area (Å²) in [6.07, 6.45) is 1.33. The van der Waals surface area contributed by atoms with E-state index in [2.05, 4.69) is 5.32 Å². The molecule has 4 amide bonds. The molecule has 0 atom stereocenters. The van der Waals surface area contributed by atoms with Gasteiger partial charge in [-0.3, -0.25) is 14.9 Å². The molecule has 1 aromatic heterocycles. The average Bonchev–Trinajstić information content (AvgIpc) is 3.17. The third kappa shape index (κ3) is 3.65.